The molecule has 0 unspecified atom stereocenters. The molecule has 0 aliphatic carbocycles. The van der Waals surface area contributed by atoms with E-state index in [1.807, 2.05) is 25.1 Å². The molecule has 0 saturated carbocycles. The fourth-order valence-electron chi connectivity index (χ4n) is 1.44. The summed E-state index contributed by atoms with van der Waals surface area (Å²) in [4.78, 5) is 10.9. The monoisotopic (exact) mass is 279 g/mol. The second-order valence-corrected chi connectivity index (χ2v) is 4.37. The van der Waals surface area contributed by atoms with E-state index in [4.69, 9.17) is 10.2 Å². The van der Waals surface area contributed by atoms with Gasteiger partial charge in [0.2, 0.25) is 0 Å². The quantitative estimate of drug-likeness (QED) is 0.918. The first-order valence-electron chi connectivity index (χ1n) is 4.74. The first-order chi connectivity index (χ1) is 7.58. The fraction of sp³-hybridized carbons (Fsp3) is 0.0833. The molecule has 0 atom stereocenters. The Morgan fingerprint density at radius 1 is 1.31 bits per heavy atom. The van der Waals surface area contributed by atoms with E-state index < -0.39 is 5.91 Å². The normalized spacial score (nSPS) is 10.4. The van der Waals surface area contributed by atoms with Crippen LogP contribution in [0.25, 0.3) is 11.3 Å². The van der Waals surface area contributed by atoms with Crippen LogP contribution in [0.4, 0.5) is 0 Å². The van der Waals surface area contributed by atoms with Crippen molar-refractivity contribution in [2.75, 3.05) is 0 Å². The van der Waals surface area contributed by atoms with Crippen LogP contribution in [-0.4, -0.2) is 5.91 Å². The number of nitrogens with two attached hydrogens (primary N) is 1. The van der Waals surface area contributed by atoms with Crippen molar-refractivity contribution < 1.29 is 9.21 Å². The van der Waals surface area contributed by atoms with Gasteiger partial charge in [0, 0.05) is 10.0 Å². The van der Waals surface area contributed by atoms with E-state index in [1.54, 1.807) is 12.1 Å². The molecule has 2 N–H and O–H groups in total. The molecule has 0 radical (unpaired) electrons. The predicted octanol–water partition coefficient (Wildman–Crippen LogP) is 3.12. The predicted molar refractivity (Wildman–Crippen MR) is 65.1 cm³/mol. The van der Waals surface area contributed by atoms with Gasteiger partial charge in [-0.05, 0) is 36.8 Å². The van der Waals surface area contributed by atoms with Gasteiger partial charge in [0.15, 0.2) is 5.76 Å². The number of hydrogen-bond donors (Lipinski definition) is 1. The van der Waals surface area contributed by atoms with Crippen molar-refractivity contribution in [3.8, 4) is 11.3 Å². The molecule has 2 rings (SSSR count). The minimum Gasteiger partial charge on any atom is -0.451 e. The fourth-order valence-corrected chi connectivity index (χ4v) is 2.12. The van der Waals surface area contributed by atoms with E-state index in [9.17, 15) is 4.79 Å². The van der Waals surface area contributed by atoms with Crippen LogP contribution in [0.3, 0.4) is 0 Å². The summed E-state index contributed by atoms with van der Waals surface area (Å²) < 4.78 is 6.28. The lowest BCUT2D eigenvalue weighted by atomic mass is 10.1. The standard InChI is InChI=1S/C12H10BrNO2/c1-7-2-3-8(9(13)6-7)10-4-5-11(16-10)12(14)15/h2-6H,1H3,(H2,14,15). The highest BCUT2D eigenvalue weighted by molar-refractivity contribution is 9.10. The number of hydrogen-bond acceptors (Lipinski definition) is 2. The number of benzene rings is 1. The lowest BCUT2D eigenvalue weighted by Crippen LogP contribution is -2.09. The summed E-state index contributed by atoms with van der Waals surface area (Å²) >= 11 is 3.45. The van der Waals surface area contributed by atoms with E-state index in [-0.39, 0.29) is 5.76 Å². The number of carbonyl (C=O) groups is 1. The Balaban J connectivity index is 2.46. The number of rotatable bonds is 2. The van der Waals surface area contributed by atoms with Crippen molar-refractivity contribution in [1.82, 2.24) is 0 Å². The van der Waals surface area contributed by atoms with Gasteiger partial charge in [-0.25, -0.2) is 0 Å². The zero-order chi connectivity index (χ0) is 11.7. The number of halogens is 1. The van der Waals surface area contributed by atoms with Crippen LogP contribution < -0.4 is 5.73 Å². The summed E-state index contributed by atoms with van der Waals surface area (Å²) in [6.45, 7) is 2.01. The van der Waals surface area contributed by atoms with Gasteiger partial charge in [-0.2, -0.15) is 0 Å². The maximum absolute atomic E-state index is 10.9. The Bertz CT molecular complexity index is 546. The van der Waals surface area contributed by atoms with E-state index in [0.717, 1.165) is 15.6 Å². The largest absolute Gasteiger partial charge is 0.451 e. The average molecular weight is 280 g/mol. The van der Waals surface area contributed by atoms with Crippen LogP contribution >= 0.6 is 15.9 Å². The second-order valence-electron chi connectivity index (χ2n) is 3.51. The summed E-state index contributed by atoms with van der Waals surface area (Å²) in [6.07, 6.45) is 0. The van der Waals surface area contributed by atoms with Gasteiger partial charge in [0.1, 0.15) is 5.76 Å². The van der Waals surface area contributed by atoms with Gasteiger partial charge in [0.05, 0.1) is 0 Å². The Labute approximate surface area is 101 Å². The molecule has 1 aromatic carbocycles. The molecule has 0 aliphatic rings. The van der Waals surface area contributed by atoms with E-state index in [0.29, 0.717) is 5.76 Å². The Morgan fingerprint density at radius 2 is 2.06 bits per heavy atom. The highest BCUT2D eigenvalue weighted by atomic mass is 79.9. The molecule has 0 saturated heterocycles. The molecule has 4 heteroatoms. The molecule has 16 heavy (non-hydrogen) atoms. The first kappa shape index (κ1) is 11.0. The van der Waals surface area contributed by atoms with E-state index in [2.05, 4.69) is 15.9 Å². The van der Waals surface area contributed by atoms with Crippen molar-refractivity contribution in [2.24, 2.45) is 5.73 Å². The number of amides is 1. The summed E-state index contributed by atoms with van der Waals surface area (Å²) in [5, 5.41) is 0. The lowest BCUT2D eigenvalue weighted by molar-refractivity contribution is 0.0974. The summed E-state index contributed by atoms with van der Waals surface area (Å²) in [5.74, 6) is 0.234. The highest BCUT2D eigenvalue weighted by Gasteiger charge is 2.10. The van der Waals surface area contributed by atoms with Crippen LogP contribution in [-0.2, 0) is 0 Å². The molecule has 0 spiro atoms. The van der Waals surface area contributed by atoms with Crippen molar-refractivity contribution in [3.05, 3.63) is 46.1 Å². The molecular formula is C12H10BrNO2. The summed E-state index contributed by atoms with van der Waals surface area (Å²) in [5.41, 5.74) is 7.17. The molecule has 0 bridgehead atoms. The molecule has 2 aromatic rings. The topological polar surface area (TPSA) is 56.2 Å². The van der Waals surface area contributed by atoms with Gasteiger partial charge in [-0.15, -0.1) is 0 Å². The maximum atomic E-state index is 10.9. The Morgan fingerprint density at radius 3 is 2.62 bits per heavy atom. The number of aryl methyl sites for hydroxylation is 1. The molecule has 1 heterocycles. The van der Waals surface area contributed by atoms with E-state index >= 15 is 0 Å². The Kier molecular flexibility index (Phi) is 2.83. The zero-order valence-electron chi connectivity index (χ0n) is 8.66. The highest BCUT2D eigenvalue weighted by Crippen LogP contribution is 2.30. The first-order valence-corrected chi connectivity index (χ1v) is 5.53. The number of primary amides is 1. The summed E-state index contributed by atoms with van der Waals surface area (Å²) in [7, 11) is 0. The molecule has 3 nitrogen and oxygen atoms in total. The number of furan rings is 1. The van der Waals surface area contributed by atoms with Crippen molar-refractivity contribution >= 4 is 21.8 Å². The molecule has 82 valence electrons. The summed E-state index contributed by atoms with van der Waals surface area (Å²) in [6, 6.07) is 9.21. The van der Waals surface area contributed by atoms with Crippen molar-refractivity contribution in [3.63, 3.8) is 0 Å². The van der Waals surface area contributed by atoms with Crippen LogP contribution in [0, 0.1) is 6.92 Å². The van der Waals surface area contributed by atoms with Crippen molar-refractivity contribution in [1.29, 1.82) is 0 Å². The van der Waals surface area contributed by atoms with E-state index in [1.165, 1.54) is 0 Å². The van der Waals surface area contributed by atoms with Crippen molar-refractivity contribution in [2.45, 2.75) is 6.92 Å². The third-order valence-electron chi connectivity index (χ3n) is 2.24. The smallest absolute Gasteiger partial charge is 0.284 e. The van der Waals surface area contributed by atoms with Gasteiger partial charge >= 0.3 is 0 Å². The van der Waals surface area contributed by atoms with Gasteiger partial charge in [-0.3, -0.25) is 4.79 Å². The SMILES string of the molecule is Cc1ccc(-c2ccc(C(N)=O)o2)c(Br)c1. The zero-order valence-corrected chi connectivity index (χ0v) is 10.2. The van der Waals surface area contributed by atoms with Gasteiger partial charge in [0.25, 0.3) is 5.91 Å². The lowest BCUT2D eigenvalue weighted by Gasteiger charge is -2.01. The molecule has 0 aliphatic heterocycles. The van der Waals surface area contributed by atoms with Gasteiger partial charge < -0.3 is 10.2 Å². The minimum atomic E-state index is -0.561. The second kappa shape index (κ2) is 4.14. The third kappa shape index (κ3) is 2.02. The van der Waals surface area contributed by atoms with Gasteiger partial charge in [-0.1, -0.05) is 22.0 Å². The molecule has 1 aromatic heterocycles. The average Bonchev–Trinajstić information content (AvgIpc) is 2.66. The third-order valence-corrected chi connectivity index (χ3v) is 2.89. The van der Waals surface area contributed by atoms with Crippen LogP contribution in [0.5, 0.6) is 0 Å². The molecule has 0 fully saturated rings. The van der Waals surface area contributed by atoms with Crippen LogP contribution in [0.1, 0.15) is 16.1 Å². The Hall–Kier alpha value is -1.55. The minimum absolute atomic E-state index is 0.169. The number of carbonyl (C=O) groups excluding carboxylic acids is 1. The maximum Gasteiger partial charge on any atom is 0.284 e. The molecule has 1 amide bonds. The van der Waals surface area contributed by atoms with Crippen LogP contribution in [0.2, 0.25) is 0 Å². The molecular weight excluding hydrogens is 270 g/mol. The van der Waals surface area contributed by atoms with Crippen LogP contribution in [0.15, 0.2) is 39.2 Å².